The Hall–Kier alpha value is -0.120. The molecule has 0 aromatic rings. The molecule has 0 aromatic heterocycles. The van der Waals surface area contributed by atoms with Crippen molar-refractivity contribution in [3.05, 3.63) is 0 Å². The van der Waals surface area contributed by atoms with E-state index >= 15 is 0 Å². The third-order valence-electron chi connectivity index (χ3n) is 4.35. The van der Waals surface area contributed by atoms with Crippen molar-refractivity contribution in [2.45, 2.75) is 51.8 Å². The van der Waals surface area contributed by atoms with Crippen molar-refractivity contribution in [1.29, 1.82) is 0 Å². The summed E-state index contributed by atoms with van der Waals surface area (Å²) < 4.78 is 5.44. The molecule has 0 bridgehead atoms. The van der Waals surface area contributed by atoms with E-state index in [2.05, 4.69) is 31.0 Å². The first kappa shape index (κ1) is 13.3. The first-order chi connectivity index (χ1) is 8.11. The highest BCUT2D eigenvalue weighted by molar-refractivity contribution is 4.96. The van der Waals surface area contributed by atoms with E-state index in [-0.39, 0.29) is 0 Å². The monoisotopic (exact) mass is 240 g/mol. The van der Waals surface area contributed by atoms with Crippen molar-refractivity contribution in [3.8, 4) is 0 Å². The predicted molar refractivity (Wildman–Crippen MR) is 71.2 cm³/mol. The summed E-state index contributed by atoms with van der Waals surface area (Å²) in [6.07, 6.45) is 3.20. The first-order valence-corrected chi connectivity index (χ1v) is 7.12. The molecule has 1 aliphatic carbocycles. The zero-order valence-electron chi connectivity index (χ0n) is 11.8. The number of nitrogens with one attached hydrogen (secondary N) is 1. The Morgan fingerprint density at radius 3 is 2.53 bits per heavy atom. The molecule has 3 nitrogen and oxygen atoms in total. The maximum absolute atomic E-state index is 5.44. The second kappa shape index (κ2) is 5.68. The van der Waals surface area contributed by atoms with Gasteiger partial charge in [-0.3, -0.25) is 4.90 Å². The van der Waals surface area contributed by atoms with Crippen LogP contribution in [0.3, 0.4) is 0 Å². The molecule has 3 atom stereocenters. The van der Waals surface area contributed by atoms with E-state index in [1.807, 2.05) is 7.11 Å². The summed E-state index contributed by atoms with van der Waals surface area (Å²) in [5, 5.41) is 3.73. The second-order valence-corrected chi connectivity index (χ2v) is 6.16. The fourth-order valence-electron chi connectivity index (χ4n) is 2.86. The highest BCUT2D eigenvalue weighted by Gasteiger charge is 2.39. The number of hydrogen-bond donors (Lipinski definition) is 1. The number of nitrogens with zero attached hydrogens (tertiary/aromatic N) is 1. The summed E-state index contributed by atoms with van der Waals surface area (Å²) in [4.78, 5) is 2.67. The van der Waals surface area contributed by atoms with E-state index in [9.17, 15) is 0 Å². The maximum atomic E-state index is 5.44. The van der Waals surface area contributed by atoms with Crippen LogP contribution < -0.4 is 5.32 Å². The van der Waals surface area contributed by atoms with E-state index in [4.69, 9.17) is 4.74 Å². The van der Waals surface area contributed by atoms with Crippen LogP contribution in [-0.2, 0) is 4.74 Å². The van der Waals surface area contributed by atoms with Crippen molar-refractivity contribution in [1.82, 2.24) is 10.2 Å². The fraction of sp³-hybridized carbons (Fsp3) is 1.00. The molecular formula is C14H28N2O. The van der Waals surface area contributed by atoms with Gasteiger partial charge in [0.25, 0.3) is 0 Å². The van der Waals surface area contributed by atoms with Gasteiger partial charge in [0.2, 0.25) is 0 Å². The van der Waals surface area contributed by atoms with Gasteiger partial charge in [0, 0.05) is 38.8 Å². The van der Waals surface area contributed by atoms with Crippen LogP contribution in [0.4, 0.5) is 0 Å². The van der Waals surface area contributed by atoms with Crippen LogP contribution in [0.2, 0.25) is 0 Å². The molecule has 2 rings (SSSR count). The van der Waals surface area contributed by atoms with Gasteiger partial charge in [0.15, 0.2) is 0 Å². The Morgan fingerprint density at radius 2 is 2.00 bits per heavy atom. The number of ether oxygens (including phenoxy) is 1. The normalized spacial score (nSPS) is 33.0. The Labute approximate surface area is 106 Å². The summed E-state index contributed by atoms with van der Waals surface area (Å²) in [7, 11) is 1.82. The summed E-state index contributed by atoms with van der Waals surface area (Å²) >= 11 is 0. The topological polar surface area (TPSA) is 24.5 Å². The van der Waals surface area contributed by atoms with Crippen molar-refractivity contribution in [3.63, 3.8) is 0 Å². The van der Waals surface area contributed by atoms with Gasteiger partial charge in [0.1, 0.15) is 0 Å². The molecule has 1 aliphatic heterocycles. The number of methoxy groups -OCH3 is 1. The molecule has 3 unspecified atom stereocenters. The van der Waals surface area contributed by atoms with Crippen LogP contribution in [0.5, 0.6) is 0 Å². The maximum Gasteiger partial charge on any atom is 0.0670 e. The molecule has 3 heteroatoms. The second-order valence-electron chi connectivity index (χ2n) is 6.16. The smallest absolute Gasteiger partial charge is 0.0670 e. The van der Waals surface area contributed by atoms with Crippen molar-refractivity contribution < 1.29 is 4.74 Å². The lowest BCUT2D eigenvalue weighted by atomic mass is 9.97. The van der Waals surface area contributed by atoms with Gasteiger partial charge in [-0.2, -0.15) is 0 Å². The van der Waals surface area contributed by atoms with Gasteiger partial charge in [-0.15, -0.1) is 0 Å². The average Bonchev–Trinajstić information content (AvgIpc) is 3.12. The number of hydrogen-bond acceptors (Lipinski definition) is 3. The third kappa shape index (κ3) is 3.43. The molecule has 100 valence electrons. The van der Waals surface area contributed by atoms with E-state index in [0.29, 0.717) is 12.1 Å². The van der Waals surface area contributed by atoms with Crippen LogP contribution in [0.15, 0.2) is 0 Å². The number of piperazine rings is 1. The summed E-state index contributed by atoms with van der Waals surface area (Å²) in [6.45, 7) is 10.2. The molecule has 0 radical (unpaired) electrons. The van der Waals surface area contributed by atoms with Gasteiger partial charge in [-0.25, -0.2) is 0 Å². The van der Waals surface area contributed by atoms with Crippen molar-refractivity contribution >= 4 is 0 Å². The SMILES string of the molecule is COC(C)CN1CC(C(C)C)NCC1C1CC1. The van der Waals surface area contributed by atoms with Crippen LogP contribution in [0.1, 0.15) is 33.6 Å². The third-order valence-corrected chi connectivity index (χ3v) is 4.35. The molecule has 0 spiro atoms. The van der Waals surface area contributed by atoms with Gasteiger partial charge in [0.05, 0.1) is 6.10 Å². The molecule has 2 aliphatic rings. The minimum Gasteiger partial charge on any atom is -0.380 e. The van der Waals surface area contributed by atoms with Crippen LogP contribution in [0, 0.1) is 11.8 Å². The van der Waals surface area contributed by atoms with Crippen molar-refractivity contribution in [2.75, 3.05) is 26.7 Å². The summed E-state index contributed by atoms with van der Waals surface area (Å²) in [5.74, 6) is 1.66. The average molecular weight is 240 g/mol. The lowest BCUT2D eigenvalue weighted by Gasteiger charge is -2.43. The van der Waals surface area contributed by atoms with E-state index < -0.39 is 0 Å². The zero-order valence-corrected chi connectivity index (χ0v) is 11.8. The molecule has 1 N–H and O–H groups in total. The van der Waals surface area contributed by atoms with Gasteiger partial charge >= 0.3 is 0 Å². The van der Waals surface area contributed by atoms with E-state index in [1.54, 1.807) is 0 Å². The molecule has 0 aromatic carbocycles. The minimum atomic E-state index is 0.349. The molecule has 2 fully saturated rings. The molecular weight excluding hydrogens is 212 g/mol. The first-order valence-electron chi connectivity index (χ1n) is 7.12. The highest BCUT2D eigenvalue weighted by Crippen LogP contribution is 2.36. The van der Waals surface area contributed by atoms with Crippen LogP contribution >= 0.6 is 0 Å². The summed E-state index contributed by atoms with van der Waals surface area (Å²) in [5.41, 5.74) is 0. The molecule has 1 saturated heterocycles. The van der Waals surface area contributed by atoms with Gasteiger partial charge in [-0.05, 0) is 31.6 Å². The lowest BCUT2D eigenvalue weighted by Crippen LogP contribution is -2.60. The largest absolute Gasteiger partial charge is 0.380 e. The van der Waals surface area contributed by atoms with E-state index in [0.717, 1.165) is 24.4 Å². The Kier molecular flexibility index (Phi) is 4.45. The number of rotatable bonds is 5. The Morgan fingerprint density at radius 1 is 1.29 bits per heavy atom. The standard InChI is InChI=1S/C14H28N2O/c1-10(2)13-9-16(8-11(3)17-4)14(7-15-13)12-5-6-12/h10-15H,5-9H2,1-4H3. The Bertz CT molecular complexity index is 240. The fourth-order valence-corrected chi connectivity index (χ4v) is 2.86. The molecule has 17 heavy (non-hydrogen) atoms. The lowest BCUT2D eigenvalue weighted by molar-refractivity contribution is 0.0297. The summed E-state index contributed by atoms with van der Waals surface area (Å²) in [6, 6.07) is 1.40. The molecule has 0 amide bonds. The van der Waals surface area contributed by atoms with Crippen LogP contribution in [-0.4, -0.2) is 49.8 Å². The quantitative estimate of drug-likeness (QED) is 0.792. The molecule has 1 heterocycles. The predicted octanol–water partition coefficient (Wildman–Crippen LogP) is 1.73. The van der Waals surface area contributed by atoms with Crippen molar-refractivity contribution in [2.24, 2.45) is 11.8 Å². The van der Waals surface area contributed by atoms with Gasteiger partial charge in [-0.1, -0.05) is 13.8 Å². The minimum absolute atomic E-state index is 0.349. The van der Waals surface area contributed by atoms with Crippen LogP contribution in [0.25, 0.3) is 0 Å². The van der Waals surface area contributed by atoms with E-state index in [1.165, 1.54) is 25.9 Å². The molecule has 1 saturated carbocycles. The highest BCUT2D eigenvalue weighted by atomic mass is 16.5. The van der Waals surface area contributed by atoms with Gasteiger partial charge < -0.3 is 10.1 Å². The zero-order chi connectivity index (χ0) is 12.4. The Balaban J connectivity index is 1.94.